The predicted molar refractivity (Wildman–Crippen MR) is 58.8 cm³/mol. The van der Waals surface area contributed by atoms with Crippen LogP contribution in [0.15, 0.2) is 18.2 Å². The van der Waals surface area contributed by atoms with E-state index in [2.05, 4.69) is 0 Å². The highest BCUT2D eigenvalue weighted by atomic mass is 32.2. The number of hydrogen-bond acceptors (Lipinski definition) is 4. The van der Waals surface area contributed by atoms with Crippen molar-refractivity contribution in [2.75, 3.05) is 6.61 Å². The number of hydrogen-bond donors (Lipinski definition) is 3. The molecule has 1 unspecified atom stereocenters. The molecule has 0 bridgehead atoms. The molecule has 0 aromatic heterocycles. The number of benzene rings is 1. The summed E-state index contributed by atoms with van der Waals surface area (Å²) < 4.78 is 31.2. The molecule has 5 nitrogen and oxygen atoms in total. The highest BCUT2D eigenvalue weighted by molar-refractivity contribution is 7.86. The van der Waals surface area contributed by atoms with Crippen molar-refractivity contribution in [2.45, 2.75) is 18.6 Å². The topological polar surface area (TPSA) is 94.8 Å². The van der Waals surface area contributed by atoms with Gasteiger partial charge in [-0.1, -0.05) is 12.1 Å². The predicted octanol–water partition coefficient (Wildman–Crippen LogP) is 1.01. The fourth-order valence-corrected chi connectivity index (χ4v) is 2.38. The van der Waals surface area contributed by atoms with E-state index in [-0.39, 0.29) is 18.8 Å². The fraction of sp³-hybridized carbons (Fsp3) is 0.400. The molecule has 0 spiro atoms. The van der Waals surface area contributed by atoms with Crippen LogP contribution < -0.4 is 0 Å². The molecule has 0 aliphatic rings. The molecule has 0 radical (unpaired) electrons. The minimum atomic E-state index is -4.25. The van der Waals surface area contributed by atoms with Crippen LogP contribution in [-0.2, 0) is 10.1 Å². The summed E-state index contributed by atoms with van der Waals surface area (Å²) >= 11 is 0. The second-order valence-corrected chi connectivity index (χ2v) is 5.16. The Labute approximate surface area is 94.1 Å². The van der Waals surface area contributed by atoms with Crippen molar-refractivity contribution in [2.24, 2.45) is 0 Å². The number of phenolic OH excluding ortho intramolecular Hbond substituents is 1. The average Bonchev–Trinajstić information content (AvgIpc) is 2.17. The first kappa shape index (κ1) is 13.0. The van der Waals surface area contributed by atoms with Crippen LogP contribution >= 0.6 is 0 Å². The normalized spacial score (nSPS) is 13.7. The number of aromatic hydroxyl groups is 1. The average molecular weight is 246 g/mol. The first-order chi connectivity index (χ1) is 7.36. The standard InChI is InChI=1S/C10H14O5S/c1-7-6-8(2-3-9(7)12)10(4-5-11)16(13,14)15/h2-3,6,10-12H,4-5H2,1H3,(H,13,14,15). The lowest BCUT2D eigenvalue weighted by Gasteiger charge is -2.13. The summed E-state index contributed by atoms with van der Waals surface area (Å²) in [5, 5.41) is 16.9. The highest BCUT2D eigenvalue weighted by Gasteiger charge is 2.24. The van der Waals surface area contributed by atoms with E-state index < -0.39 is 15.4 Å². The number of rotatable bonds is 4. The van der Waals surface area contributed by atoms with Gasteiger partial charge in [0, 0.05) is 6.61 Å². The van der Waals surface area contributed by atoms with Gasteiger partial charge in [-0.2, -0.15) is 8.42 Å². The van der Waals surface area contributed by atoms with E-state index in [1.54, 1.807) is 6.92 Å². The van der Waals surface area contributed by atoms with Gasteiger partial charge in [-0.3, -0.25) is 4.55 Å². The van der Waals surface area contributed by atoms with Crippen LogP contribution in [0.25, 0.3) is 0 Å². The Bertz CT molecular complexity index is 466. The molecule has 0 saturated carbocycles. The van der Waals surface area contributed by atoms with Gasteiger partial charge in [0.05, 0.1) is 0 Å². The van der Waals surface area contributed by atoms with Gasteiger partial charge in [0.2, 0.25) is 0 Å². The molecule has 1 rings (SSSR count). The molecule has 3 N–H and O–H groups in total. The molecule has 1 atom stereocenters. The quantitative estimate of drug-likeness (QED) is 0.689. The summed E-state index contributed by atoms with van der Waals surface area (Å²) in [6.45, 7) is 1.28. The lowest BCUT2D eigenvalue weighted by molar-refractivity contribution is 0.283. The minimum Gasteiger partial charge on any atom is -0.508 e. The van der Waals surface area contributed by atoms with Crippen LogP contribution in [0.1, 0.15) is 22.8 Å². The number of aryl methyl sites for hydroxylation is 1. The van der Waals surface area contributed by atoms with Crippen molar-refractivity contribution in [1.82, 2.24) is 0 Å². The Kier molecular flexibility index (Phi) is 3.90. The van der Waals surface area contributed by atoms with E-state index in [1.807, 2.05) is 0 Å². The monoisotopic (exact) mass is 246 g/mol. The zero-order valence-electron chi connectivity index (χ0n) is 8.79. The molecule has 0 amide bonds. The number of aliphatic hydroxyl groups is 1. The molecule has 90 valence electrons. The Balaban J connectivity index is 3.17. The van der Waals surface area contributed by atoms with Crippen molar-refractivity contribution in [3.8, 4) is 5.75 Å². The molecule has 1 aromatic carbocycles. The van der Waals surface area contributed by atoms with Crippen LogP contribution in [0.3, 0.4) is 0 Å². The molecule has 16 heavy (non-hydrogen) atoms. The maximum absolute atomic E-state index is 11.1. The zero-order chi connectivity index (χ0) is 12.3. The summed E-state index contributed by atoms with van der Waals surface area (Å²) in [5.74, 6) is 0.0573. The van der Waals surface area contributed by atoms with E-state index in [0.29, 0.717) is 11.1 Å². The summed E-state index contributed by atoms with van der Waals surface area (Å²) in [4.78, 5) is 0. The minimum absolute atomic E-state index is 0.0573. The maximum atomic E-state index is 11.1. The van der Waals surface area contributed by atoms with Crippen LogP contribution in [0.4, 0.5) is 0 Å². The molecule has 0 heterocycles. The largest absolute Gasteiger partial charge is 0.508 e. The van der Waals surface area contributed by atoms with Gasteiger partial charge in [0.25, 0.3) is 10.1 Å². The Morgan fingerprint density at radius 3 is 2.44 bits per heavy atom. The zero-order valence-corrected chi connectivity index (χ0v) is 9.61. The number of aliphatic hydroxyl groups excluding tert-OH is 1. The Hall–Kier alpha value is -1.11. The van der Waals surface area contributed by atoms with Crippen molar-refractivity contribution in [3.05, 3.63) is 29.3 Å². The number of phenols is 1. The van der Waals surface area contributed by atoms with Gasteiger partial charge in [0.15, 0.2) is 0 Å². The van der Waals surface area contributed by atoms with Crippen LogP contribution in [0.5, 0.6) is 5.75 Å². The van der Waals surface area contributed by atoms with E-state index in [1.165, 1.54) is 18.2 Å². The third-order valence-electron chi connectivity index (χ3n) is 2.34. The van der Waals surface area contributed by atoms with Crippen LogP contribution in [0.2, 0.25) is 0 Å². The third-order valence-corrected chi connectivity index (χ3v) is 3.57. The second kappa shape index (κ2) is 4.82. The van der Waals surface area contributed by atoms with Crippen LogP contribution in [0, 0.1) is 6.92 Å². The summed E-state index contributed by atoms with van der Waals surface area (Å²) in [5.41, 5.74) is 0.871. The van der Waals surface area contributed by atoms with E-state index in [9.17, 15) is 13.5 Å². The summed E-state index contributed by atoms with van der Waals surface area (Å²) in [6.07, 6.45) is -0.0803. The molecule has 0 aliphatic heterocycles. The van der Waals surface area contributed by atoms with Gasteiger partial charge >= 0.3 is 0 Å². The first-order valence-electron chi connectivity index (χ1n) is 4.73. The Morgan fingerprint density at radius 2 is 2.00 bits per heavy atom. The van der Waals surface area contributed by atoms with Crippen molar-refractivity contribution in [3.63, 3.8) is 0 Å². The van der Waals surface area contributed by atoms with Gasteiger partial charge in [-0.25, -0.2) is 0 Å². The maximum Gasteiger partial charge on any atom is 0.272 e. The van der Waals surface area contributed by atoms with Gasteiger partial charge in [-0.15, -0.1) is 0 Å². The summed E-state index contributed by atoms with van der Waals surface area (Å²) in [7, 11) is -4.25. The van der Waals surface area contributed by atoms with E-state index in [4.69, 9.17) is 9.66 Å². The van der Waals surface area contributed by atoms with Gasteiger partial charge in [-0.05, 0) is 30.5 Å². The van der Waals surface area contributed by atoms with Crippen molar-refractivity contribution >= 4 is 10.1 Å². The molecule has 0 fully saturated rings. The lowest BCUT2D eigenvalue weighted by atomic mass is 10.1. The molecule has 0 saturated heterocycles. The first-order valence-corrected chi connectivity index (χ1v) is 6.23. The molecular formula is C10H14O5S. The fourth-order valence-electron chi connectivity index (χ4n) is 1.48. The molecule has 1 aromatic rings. The SMILES string of the molecule is Cc1cc(C(CCO)S(=O)(=O)O)ccc1O. The third kappa shape index (κ3) is 2.94. The molecule has 6 heteroatoms. The highest BCUT2D eigenvalue weighted by Crippen LogP contribution is 2.28. The van der Waals surface area contributed by atoms with Crippen molar-refractivity contribution in [1.29, 1.82) is 0 Å². The van der Waals surface area contributed by atoms with Crippen LogP contribution in [-0.4, -0.2) is 29.8 Å². The van der Waals surface area contributed by atoms with E-state index in [0.717, 1.165) is 0 Å². The molecule has 0 aliphatic carbocycles. The van der Waals surface area contributed by atoms with Gasteiger partial charge in [0.1, 0.15) is 11.0 Å². The molecular weight excluding hydrogens is 232 g/mol. The second-order valence-electron chi connectivity index (χ2n) is 3.56. The van der Waals surface area contributed by atoms with Crippen molar-refractivity contribution < 1.29 is 23.2 Å². The summed E-state index contributed by atoms with van der Waals surface area (Å²) in [6, 6.07) is 4.25. The smallest absolute Gasteiger partial charge is 0.272 e. The lowest BCUT2D eigenvalue weighted by Crippen LogP contribution is -2.13. The van der Waals surface area contributed by atoms with E-state index >= 15 is 0 Å². The van der Waals surface area contributed by atoms with Gasteiger partial charge < -0.3 is 10.2 Å². The Morgan fingerprint density at radius 1 is 1.38 bits per heavy atom.